The van der Waals surface area contributed by atoms with Crippen molar-refractivity contribution in [2.24, 2.45) is 0 Å². The molecular weight excluding hydrogens is 248 g/mol. The summed E-state index contributed by atoms with van der Waals surface area (Å²) in [7, 11) is 0. The zero-order chi connectivity index (χ0) is 14.8. The van der Waals surface area contributed by atoms with Gasteiger partial charge in [-0.15, -0.1) is 0 Å². The molecular formula is C17H30N2O. The minimum Gasteiger partial charge on any atom is -0.465 e. The van der Waals surface area contributed by atoms with Gasteiger partial charge in [-0.05, 0) is 59.6 Å². The largest absolute Gasteiger partial charge is 0.465 e. The lowest BCUT2D eigenvalue weighted by Gasteiger charge is -2.20. The molecule has 3 nitrogen and oxygen atoms in total. The first-order valence-electron chi connectivity index (χ1n) is 7.96. The van der Waals surface area contributed by atoms with E-state index in [1.165, 1.54) is 31.4 Å². The summed E-state index contributed by atoms with van der Waals surface area (Å²) >= 11 is 0. The third-order valence-corrected chi connectivity index (χ3v) is 3.81. The fourth-order valence-corrected chi connectivity index (χ4v) is 2.52. The van der Waals surface area contributed by atoms with E-state index in [1.54, 1.807) is 0 Å². The van der Waals surface area contributed by atoms with Crippen molar-refractivity contribution in [3.05, 3.63) is 23.2 Å². The highest BCUT2D eigenvalue weighted by Crippen LogP contribution is 2.29. The van der Waals surface area contributed by atoms with E-state index < -0.39 is 0 Å². The number of hydrogen-bond donors (Lipinski definition) is 1. The highest BCUT2D eigenvalue weighted by Gasteiger charge is 2.29. The van der Waals surface area contributed by atoms with Crippen LogP contribution in [0.1, 0.15) is 64.0 Å². The van der Waals surface area contributed by atoms with Crippen LogP contribution in [0.25, 0.3) is 0 Å². The summed E-state index contributed by atoms with van der Waals surface area (Å²) in [6.07, 6.45) is 3.97. The highest BCUT2D eigenvalue weighted by molar-refractivity contribution is 5.21. The molecule has 0 radical (unpaired) electrons. The molecule has 0 saturated heterocycles. The van der Waals surface area contributed by atoms with Gasteiger partial charge in [-0.1, -0.05) is 6.92 Å². The molecule has 0 aliphatic heterocycles. The Hall–Kier alpha value is -0.800. The molecule has 1 N–H and O–H groups in total. The van der Waals surface area contributed by atoms with E-state index in [9.17, 15) is 0 Å². The van der Waals surface area contributed by atoms with E-state index in [4.69, 9.17) is 4.42 Å². The highest BCUT2D eigenvalue weighted by atomic mass is 16.3. The molecule has 1 aromatic rings. The van der Waals surface area contributed by atoms with Crippen molar-refractivity contribution < 1.29 is 4.42 Å². The summed E-state index contributed by atoms with van der Waals surface area (Å²) < 4.78 is 5.90. The van der Waals surface area contributed by atoms with Gasteiger partial charge in [0.25, 0.3) is 0 Å². The Labute approximate surface area is 123 Å². The molecule has 3 heteroatoms. The molecule has 1 heterocycles. The quantitative estimate of drug-likeness (QED) is 0.821. The molecule has 114 valence electrons. The Bertz CT molecular complexity index is 427. The number of furan rings is 1. The predicted molar refractivity (Wildman–Crippen MR) is 83.8 cm³/mol. The zero-order valence-corrected chi connectivity index (χ0v) is 13.8. The minimum absolute atomic E-state index is 0.128. The number of hydrogen-bond acceptors (Lipinski definition) is 3. The summed E-state index contributed by atoms with van der Waals surface area (Å²) in [5.74, 6) is 2.14. The second-order valence-electron chi connectivity index (χ2n) is 7.10. The number of rotatable bonds is 7. The van der Waals surface area contributed by atoms with Gasteiger partial charge in [-0.25, -0.2) is 0 Å². The molecule has 0 amide bonds. The van der Waals surface area contributed by atoms with Gasteiger partial charge in [0.1, 0.15) is 11.5 Å². The summed E-state index contributed by atoms with van der Waals surface area (Å²) in [4.78, 5) is 2.61. The van der Waals surface area contributed by atoms with Crippen molar-refractivity contribution in [3.63, 3.8) is 0 Å². The topological polar surface area (TPSA) is 28.4 Å². The van der Waals surface area contributed by atoms with Gasteiger partial charge in [0, 0.05) is 23.7 Å². The van der Waals surface area contributed by atoms with E-state index in [1.807, 2.05) is 0 Å². The van der Waals surface area contributed by atoms with Crippen LogP contribution in [0.5, 0.6) is 0 Å². The maximum absolute atomic E-state index is 5.90. The van der Waals surface area contributed by atoms with Crippen molar-refractivity contribution in [2.45, 2.75) is 78.6 Å². The fraction of sp³-hybridized carbons (Fsp3) is 0.765. The molecule has 1 saturated carbocycles. The standard InChI is InChI=1S/C17H30N2O/c1-6-9-19(15-7-8-15)12-14-10-16(20-13(14)2)11-18-17(3,4)5/h10,15,18H,6-9,11-12H2,1-5H3. The van der Waals surface area contributed by atoms with Crippen molar-refractivity contribution in [3.8, 4) is 0 Å². The van der Waals surface area contributed by atoms with Crippen LogP contribution in [0.15, 0.2) is 10.5 Å². The first kappa shape index (κ1) is 15.6. The average Bonchev–Trinajstić information content (AvgIpc) is 3.12. The molecule has 1 fully saturated rings. The van der Waals surface area contributed by atoms with E-state index in [-0.39, 0.29) is 5.54 Å². The van der Waals surface area contributed by atoms with Crippen molar-refractivity contribution >= 4 is 0 Å². The summed E-state index contributed by atoms with van der Waals surface area (Å²) in [5.41, 5.74) is 1.49. The van der Waals surface area contributed by atoms with Gasteiger partial charge in [0.2, 0.25) is 0 Å². The molecule has 1 aromatic heterocycles. The Morgan fingerprint density at radius 1 is 1.35 bits per heavy atom. The SMILES string of the molecule is CCCN(Cc1cc(CNC(C)(C)C)oc1C)C1CC1. The Kier molecular flexibility index (Phi) is 4.92. The Balaban J connectivity index is 1.95. The van der Waals surface area contributed by atoms with Crippen molar-refractivity contribution in [2.75, 3.05) is 6.54 Å². The molecule has 0 atom stereocenters. The van der Waals surface area contributed by atoms with Crippen LogP contribution in [0.4, 0.5) is 0 Å². The molecule has 2 rings (SSSR count). The molecule has 0 aromatic carbocycles. The third-order valence-electron chi connectivity index (χ3n) is 3.81. The zero-order valence-electron chi connectivity index (χ0n) is 13.8. The first-order valence-corrected chi connectivity index (χ1v) is 7.96. The predicted octanol–water partition coefficient (Wildman–Crippen LogP) is 3.85. The fourth-order valence-electron chi connectivity index (χ4n) is 2.52. The average molecular weight is 278 g/mol. The monoisotopic (exact) mass is 278 g/mol. The van der Waals surface area contributed by atoms with Gasteiger partial charge in [-0.2, -0.15) is 0 Å². The summed E-state index contributed by atoms with van der Waals surface area (Å²) in [5, 5.41) is 3.48. The first-order chi connectivity index (χ1) is 9.39. The maximum Gasteiger partial charge on any atom is 0.118 e. The second kappa shape index (κ2) is 6.31. The minimum atomic E-state index is 0.128. The van der Waals surface area contributed by atoms with Crippen molar-refractivity contribution in [1.82, 2.24) is 10.2 Å². The third kappa shape index (κ3) is 4.64. The summed E-state index contributed by atoms with van der Waals surface area (Å²) in [6.45, 7) is 13.9. The van der Waals surface area contributed by atoms with Crippen LogP contribution in [-0.4, -0.2) is 23.0 Å². The van der Waals surface area contributed by atoms with Crippen LogP contribution < -0.4 is 5.32 Å². The molecule has 1 aliphatic rings. The normalized spacial score (nSPS) is 16.1. The lowest BCUT2D eigenvalue weighted by Crippen LogP contribution is -2.34. The van der Waals surface area contributed by atoms with Crippen LogP contribution in [0, 0.1) is 6.92 Å². The second-order valence-corrected chi connectivity index (χ2v) is 7.10. The van der Waals surface area contributed by atoms with E-state index in [2.05, 4.69) is 50.9 Å². The molecule has 0 bridgehead atoms. The van der Waals surface area contributed by atoms with Gasteiger partial charge in [0.05, 0.1) is 6.54 Å². The van der Waals surface area contributed by atoms with Gasteiger partial charge < -0.3 is 9.73 Å². The maximum atomic E-state index is 5.90. The number of nitrogens with zero attached hydrogens (tertiary/aromatic N) is 1. The van der Waals surface area contributed by atoms with Gasteiger partial charge >= 0.3 is 0 Å². The van der Waals surface area contributed by atoms with Crippen LogP contribution >= 0.6 is 0 Å². The lowest BCUT2D eigenvalue weighted by atomic mass is 10.1. The van der Waals surface area contributed by atoms with Crippen LogP contribution in [0.2, 0.25) is 0 Å². The van der Waals surface area contributed by atoms with E-state index in [0.29, 0.717) is 0 Å². The summed E-state index contributed by atoms with van der Waals surface area (Å²) in [6, 6.07) is 3.06. The molecule has 0 unspecified atom stereocenters. The van der Waals surface area contributed by atoms with Gasteiger partial charge in [0.15, 0.2) is 0 Å². The van der Waals surface area contributed by atoms with Crippen molar-refractivity contribution in [1.29, 1.82) is 0 Å². The molecule has 1 aliphatic carbocycles. The Morgan fingerprint density at radius 2 is 2.05 bits per heavy atom. The number of nitrogens with one attached hydrogen (secondary N) is 1. The number of aryl methyl sites for hydroxylation is 1. The van der Waals surface area contributed by atoms with Gasteiger partial charge in [-0.3, -0.25) is 4.90 Å². The smallest absolute Gasteiger partial charge is 0.118 e. The van der Waals surface area contributed by atoms with E-state index in [0.717, 1.165) is 30.7 Å². The molecule has 0 spiro atoms. The molecule has 20 heavy (non-hydrogen) atoms. The van der Waals surface area contributed by atoms with Crippen LogP contribution in [0.3, 0.4) is 0 Å². The van der Waals surface area contributed by atoms with Crippen LogP contribution in [-0.2, 0) is 13.1 Å². The Morgan fingerprint density at radius 3 is 2.60 bits per heavy atom. The van der Waals surface area contributed by atoms with E-state index >= 15 is 0 Å². The lowest BCUT2D eigenvalue weighted by molar-refractivity contribution is 0.253.